The number of ether oxygens (including phenoxy) is 1. The maximum Gasteiger partial charge on any atom is 0.194 e. The summed E-state index contributed by atoms with van der Waals surface area (Å²) in [5, 5.41) is 0.710. The monoisotopic (exact) mass is 362 g/mol. The van der Waals surface area contributed by atoms with Crippen LogP contribution in [0.3, 0.4) is 0 Å². The average molecular weight is 362 g/mol. The first-order chi connectivity index (χ1) is 13.2. The molecule has 1 aliphatic heterocycles. The van der Waals surface area contributed by atoms with Crippen LogP contribution in [0, 0.1) is 6.92 Å². The van der Waals surface area contributed by atoms with Gasteiger partial charge in [-0.1, -0.05) is 31.2 Å². The standard InChI is InChI=1S/C23H26N2O2/c1-3-12-27-19-8-9-22-20(13-19)23(26)21(16(2)24-22)15-25-11-10-17-6-4-5-7-18(17)14-25/h4-9,13H,3,10-12,14-15H2,1-2H3,(H,24,26). The molecule has 1 aliphatic rings. The topological polar surface area (TPSA) is 45.3 Å². The Labute approximate surface area is 159 Å². The van der Waals surface area contributed by atoms with Crippen molar-refractivity contribution in [1.82, 2.24) is 9.88 Å². The second-order valence-electron chi connectivity index (χ2n) is 7.34. The Balaban J connectivity index is 1.64. The van der Waals surface area contributed by atoms with Crippen LogP contribution in [-0.4, -0.2) is 23.0 Å². The minimum absolute atomic E-state index is 0.113. The quantitative estimate of drug-likeness (QED) is 0.740. The summed E-state index contributed by atoms with van der Waals surface area (Å²) in [6.07, 6.45) is 1.99. The van der Waals surface area contributed by atoms with E-state index in [0.717, 1.165) is 48.5 Å². The van der Waals surface area contributed by atoms with Gasteiger partial charge in [-0.3, -0.25) is 9.69 Å². The van der Waals surface area contributed by atoms with E-state index in [4.69, 9.17) is 4.74 Å². The van der Waals surface area contributed by atoms with Gasteiger partial charge in [0.1, 0.15) is 5.75 Å². The van der Waals surface area contributed by atoms with Crippen molar-refractivity contribution in [1.29, 1.82) is 0 Å². The lowest BCUT2D eigenvalue weighted by atomic mass is 9.99. The normalized spacial score (nSPS) is 14.3. The third-order valence-corrected chi connectivity index (χ3v) is 5.35. The van der Waals surface area contributed by atoms with E-state index >= 15 is 0 Å². The van der Waals surface area contributed by atoms with Crippen LogP contribution in [0.4, 0.5) is 0 Å². The number of nitrogens with one attached hydrogen (secondary N) is 1. The number of rotatable bonds is 5. The minimum atomic E-state index is 0.113. The van der Waals surface area contributed by atoms with Crippen LogP contribution in [0.1, 0.15) is 35.7 Å². The van der Waals surface area contributed by atoms with Gasteiger partial charge in [-0.15, -0.1) is 0 Å². The van der Waals surface area contributed by atoms with Gasteiger partial charge in [0, 0.05) is 41.8 Å². The van der Waals surface area contributed by atoms with E-state index in [1.54, 1.807) is 0 Å². The Bertz CT molecular complexity index is 1020. The van der Waals surface area contributed by atoms with Crippen LogP contribution in [0.25, 0.3) is 10.9 Å². The fourth-order valence-electron chi connectivity index (χ4n) is 3.84. The van der Waals surface area contributed by atoms with E-state index < -0.39 is 0 Å². The molecule has 4 rings (SSSR count). The summed E-state index contributed by atoms with van der Waals surface area (Å²) in [4.78, 5) is 19.0. The molecule has 0 amide bonds. The summed E-state index contributed by atoms with van der Waals surface area (Å²) in [7, 11) is 0. The highest BCUT2D eigenvalue weighted by Crippen LogP contribution is 2.22. The van der Waals surface area contributed by atoms with Gasteiger partial charge in [-0.2, -0.15) is 0 Å². The fraction of sp³-hybridized carbons (Fsp3) is 0.348. The molecular weight excluding hydrogens is 336 g/mol. The minimum Gasteiger partial charge on any atom is -0.494 e. The molecule has 0 radical (unpaired) electrons. The predicted molar refractivity (Wildman–Crippen MR) is 109 cm³/mol. The number of nitrogens with zero attached hydrogens (tertiary/aromatic N) is 1. The number of aromatic amines is 1. The van der Waals surface area contributed by atoms with Gasteiger partial charge in [0.15, 0.2) is 5.43 Å². The van der Waals surface area contributed by atoms with Crippen molar-refractivity contribution >= 4 is 10.9 Å². The van der Waals surface area contributed by atoms with Gasteiger partial charge in [0.25, 0.3) is 0 Å². The number of aromatic nitrogens is 1. The Hall–Kier alpha value is -2.59. The van der Waals surface area contributed by atoms with Crippen molar-refractivity contribution in [2.45, 2.75) is 39.8 Å². The molecule has 1 aromatic heterocycles. The summed E-state index contributed by atoms with van der Waals surface area (Å²) < 4.78 is 5.71. The number of hydrogen-bond donors (Lipinski definition) is 1. The highest BCUT2D eigenvalue weighted by Gasteiger charge is 2.19. The highest BCUT2D eigenvalue weighted by molar-refractivity contribution is 5.81. The third-order valence-electron chi connectivity index (χ3n) is 5.35. The molecule has 0 fully saturated rings. The molecule has 0 atom stereocenters. The number of pyridine rings is 1. The van der Waals surface area contributed by atoms with Gasteiger partial charge in [-0.25, -0.2) is 0 Å². The first-order valence-electron chi connectivity index (χ1n) is 9.73. The van der Waals surface area contributed by atoms with Crippen molar-refractivity contribution in [3.8, 4) is 5.75 Å². The Kier molecular flexibility index (Phi) is 4.99. The molecule has 4 nitrogen and oxygen atoms in total. The molecule has 0 unspecified atom stereocenters. The van der Waals surface area contributed by atoms with Gasteiger partial charge in [-0.05, 0) is 49.1 Å². The fourth-order valence-corrected chi connectivity index (χ4v) is 3.84. The van der Waals surface area contributed by atoms with Crippen LogP contribution in [0.5, 0.6) is 5.75 Å². The molecule has 2 heterocycles. The lowest BCUT2D eigenvalue weighted by Gasteiger charge is -2.29. The molecule has 0 bridgehead atoms. The second-order valence-corrected chi connectivity index (χ2v) is 7.34. The summed E-state index contributed by atoms with van der Waals surface area (Å²) in [6, 6.07) is 14.3. The average Bonchev–Trinajstić information content (AvgIpc) is 2.69. The van der Waals surface area contributed by atoms with Gasteiger partial charge < -0.3 is 9.72 Å². The summed E-state index contributed by atoms with van der Waals surface area (Å²) >= 11 is 0. The van der Waals surface area contributed by atoms with E-state index in [0.29, 0.717) is 18.5 Å². The lowest BCUT2D eigenvalue weighted by molar-refractivity contribution is 0.244. The van der Waals surface area contributed by atoms with Gasteiger partial charge in [0.05, 0.1) is 6.61 Å². The molecular formula is C23H26N2O2. The number of benzene rings is 2. The zero-order valence-electron chi connectivity index (χ0n) is 16.0. The molecule has 140 valence electrons. The van der Waals surface area contributed by atoms with Crippen molar-refractivity contribution in [3.05, 3.63) is 75.1 Å². The zero-order valence-corrected chi connectivity index (χ0v) is 16.0. The molecule has 3 aromatic rings. The highest BCUT2D eigenvalue weighted by atomic mass is 16.5. The van der Waals surface area contributed by atoms with E-state index in [9.17, 15) is 4.79 Å². The molecule has 4 heteroatoms. The largest absolute Gasteiger partial charge is 0.494 e. The smallest absolute Gasteiger partial charge is 0.194 e. The number of H-pyrrole nitrogens is 1. The maximum absolute atomic E-state index is 13.2. The maximum atomic E-state index is 13.2. The second kappa shape index (κ2) is 7.57. The van der Waals surface area contributed by atoms with Crippen LogP contribution in [0.15, 0.2) is 47.3 Å². The van der Waals surface area contributed by atoms with E-state index in [1.165, 1.54) is 11.1 Å². The van der Waals surface area contributed by atoms with Crippen molar-refractivity contribution in [3.63, 3.8) is 0 Å². The first kappa shape index (κ1) is 17.8. The predicted octanol–water partition coefficient (Wildman–Crippen LogP) is 4.18. The molecule has 0 spiro atoms. The molecule has 1 N–H and O–H groups in total. The van der Waals surface area contributed by atoms with Crippen LogP contribution < -0.4 is 10.2 Å². The Morgan fingerprint density at radius 3 is 2.78 bits per heavy atom. The Morgan fingerprint density at radius 1 is 1.15 bits per heavy atom. The third kappa shape index (κ3) is 3.62. The van der Waals surface area contributed by atoms with E-state index in [-0.39, 0.29) is 5.43 Å². The van der Waals surface area contributed by atoms with Gasteiger partial charge >= 0.3 is 0 Å². The molecule has 27 heavy (non-hydrogen) atoms. The number of aryl methyl sites for hydroxylation is 1. The number of fused-ring (bicyclic) bond motifs is 2. The molecule has 0 aliphatic carbocycles. The summed E-state index contributed by atoms with van der Waals surface area (Å²) in [5.74, 6) is 0.761. The molecule has 0 saturated heterocycles. The van der Waals surface area contributed by atoms with Crippen LogP contribution >= 0.6 is 0 Å². The SMILES string of the molecule is CCCOc1ccc2[nH]c(C)c(CN3CCc4ccccc4C3)c(=O)c2c1. The summed E-state index contributed by atoms with van der Waals surface area (Å²) in [5.41, 5.74) is 5.59. The van der Waals surface area contributed by atoms with E-state index in [2.05, 4.69) is 41.1 Å². The molecule has 2 aromatic carbocycles. The van der Waals surface area contributed by atoms with E-state index in [1.807, 2.05) is 25.1 Å². The lowest BCUT2D eigenvalue weighted by Crippen LogP contribution is -2.32. The first-order valence-corrected chi connectivity index (χ1v) is 9.73. The van der Waals surface area contributed by atoms with Crippen molar-refractivity contribution in [2.75, 3.05) is 13.2 Å². The van der Waals surface area contributed by atoms with Crippen molar-refractivity contribution in [2.24, 2.45) is 0 Å². The Morgan fingerprint density at radius 2 is 1.96 bits per heavy atom. The number of hydrogen-bond acceptors (Lipinski definition) is 3. The van der Waals surface area contributed by atoms with Crippen LogP contribution in [-0.2, 0) is 19.5 Å². The summed E-state index contributed by atoms with van der Waals surface area (Å²) in [6.45, 7) is 7.28. The van der Waals surface area contributed by atoms with Gasteiger partial charge in [0.2, 0.25) is 0 Å². The van der Waals surface area contributed by atoms with Crippen LogP contribution in [0.2, 0.25) is 0 Å². The van der Waals surface area contributed by atoms with Crippen molar-refractivity contribution < 1.29 is 4.74 Å². The molecule has 0 saturated carbocycles. The zero-order chi connectivity index (χ0) is 18.8.